The number of hydrogen-bond donors (Lipinski definition) is 3. The Bertz CT molecular complexity index is 588. The average Bonchev–Trinajstić information content (AvgIpc) is 2.80. The van der Waals surface area contributed by atoms with Crippen LogP contribution in [-0.2, 0) is 15.9 Å². The monoisotopic (exact) mass is 436 g/mol. The number of aliphatic hydroxyl groups excluding tert-OH is 2. The molecule has 0 amide bonds. The molecule has 1 aliphatic rings. The first-order valence-corrected chi connectivity index (χ1v) is 11.4. The second kappa shape index (κ2) is 22.6. The van der Waals surface area contributed by atoms with Crippen molar-refractivity contribution >= 4 is 0 Å². The largest absolute Gasteiger partial charge is 0.500 e. The van der Waals surface area contributed by atoms with Gasteiger partial charge < -0.3 is 25.4 Å². The highest BCUT2D eigenvalue weighted by molar-refractivity contribution is 5.29. The van der Waals surface area contributed by atoms with Gasteiger partial charge in [-0.05, 0) is 56.1 Å². The molecular weight excluding hydrogens is 392 g/mol. The molecule has 6 heteroatoms. The summed E-state index contributed by atoms with van der Waals surface area (Å²) in [4.78, 5) is 4.30. The van der Waals surface area contributed by atoms with Crippen LogP contribution in [0.1, 0.15) is 72.1 Å². The number of rotatable bonds is 8. The Morgan fingerprint density at radius 2 is 1.94 bits per heavy atom. The second-order valence-corrected chi connectivity index (χ2v) is 6.55. The Kier molecular flexibility index (Phi) is 22.7. The standard InChI is InChI=1S/C16H21NO3.C5H11NO.2C2H6/c1-12(11-18)20-6-2-3-15-5-4-13(10-17-15)7-14-8-16(19)9-14;1-2-4-7-5-3-6;2*1-2/h4-5,10,12,14,16,18-19H,6-9,11H2,1H3;3,5H,2,4,6H2,1H3;2*1-2H3/b;5-3+;;. The molecule has 1 saturated carbocycles. The summed E-state index contributed by atoms with van der Waals surface area (Å²) in [6.45, 7) is 12.9. The van der Waals surface area contributed by atoms with E-state index < -0.39 is 0 Å². The maximum Gasteiger partial charge on any atom is 0.113 e. The molecule has 4 N–H and O–H groups in total. The molecule has 0 aromatic carbocycles. The molecule has 1 unspecified atom stereocenters. The fourth-order valence-corrected chi connectivity index (χ4v) is 2.42. The van der Waals surface area contributed by atoms with Crippen molar-refractivity contribution in [2.75, 3.05) is 19.8 Å². The van der Waals surface area contributed by atoms with Crippen LogP contribution < -0.4 is 5.73 Å². The molecule has 0 bridgehead atoms. The quantitative estimate of drug-likeness (QED) is 0.323. The van der Waals surface area contributed by atoms with Gasteiger partial charge in [0.15, 0.2) is 0 Å². The van der Waals surface area contributed by atoms with Gasteiger partial charge in [-0.25, -0.2) is 4.98 Å². The number of nitrogens with zero attached hydrogens (tertiary/aromatic N) is 1. The molecule has 1 aromatic heterocycles. The van der Waals surface area contributed by atoms with Crippen LogP contribution in [-0.4, -0.2) is 47.2 Å². The molecule has 1 atom stereocenters. The van der Waals surface area contributed by atoms with Crippen LogP contribution in [0.5, 0.6) is 0 Å². The zero-order valence-electron chi connectivity index (χ0n) is 20.3. The molecule has 1 heterocycles. The Labute approximate surface area is 189 Å². The average molecular weight is 437 g/mol. The number of aromatic nitrogens is 1. The second-order valence-electron chi connectivity index (χ2n) is 6.55. The zero-order chi connectivity index (χ0) is 23.9. The summed E-state index contributed by atoms with van der Waals surface area (Å²) < 4.78 is 10.1. The van der Waals surface area contributed by atoms with Crippen LogP contribution in [0.25, 0.3) is 0 Å². The van der Waals surface area contributed by atoms with Crippen molar-refractivity contribution < 1.29 is 19.7 Å². The van der Waals surface area contributed by atoms with Gasteiger partial charge in [-0.2, -0.15) is 0 Å². The molecule has 2 rings (SSSR count). The lowest BCUT2D eigenvalue weighted by molar-refractivity contribution is 0.0432. The first kappa shape index (κ1) is 31.1. The zero-order valence-corrected chi connectivity index (χ0v) is 20.3. The van der Waals surface area contributed by atoms with Crippen LogP contribution in [0.2, 0.25) is 0 Å². The van der Waals surface area contributed by atoms with E-state index >= 15 is 0 Å². The molecule has 1 aliphatic carbocycles. The van der Waals surface area contributed by atoms with E-state index in [1.54, 1.807) is 6.92 Å². The molecular formula is C25H44N2O4. The highest BCUT2D eigenvalue weighted by Gasteiger charge is 2.26. The summed E-state index contributed by atoms with van der Waals surface area (Å²) in [7, 11) is 0. The van der Waals surface area contributed by atoms with Crippen molar-refractivity contribution in [1.82, 2.24) is 4.98 Å². The van der Waals surface area contributed by atoms with Crippen LogP contribution in [0.4, 0.5) is 0 Å². The summed E-state index contributed by atoms with van der Waals surface area (Å²) in [5, 5.41) is 18.1. The van der Waals surface area contributed by atoms with Gasteiger partial charge in [0.25, 0.3) is 0 Å². The van der Waals surface area contributed by atoms with E-state index in [0.717, 1.165) is 38.0 Å². The summed E-state index contributed by atoms with van der Waals surface area (Å²) in [5.74, 6) is 6.40. The summed E-state index contributed by atoms with van der Waals surface area (Å²) in [5.41, 5.74) is 6.88. The molecule has 31 heavy (non-hydrogen) atoms. The highest BCUT2D eigenvalue weighted by Crippen LogP contribution is 2.30. The van der Waals surface area contributed by atoms with E-state index in [1.165, 1.54) is 18.0 Å². The van der Waals surface area contributed by atoms with Crippen LogP contribution in [0, 0.1) is 17.8 Å². The van der Waals surface area contributed by atoms with Gasteiger partial charge in [0.2, 0.25) is 0 Å². The van der Waals surface area contributed by atoms with Gasteiger partial charge in [-0.3, -0.25) is 0 Å². The van der Waals surface area contributed by atoms with Crippen molar-refractivity contribution in [3.05, 3.63) is 42.0 Å². The van der Waals surface area contributed by atoms with E-state index in [0.29, 0.717) is 12.5 Å². The predicted octanol–water partition coefficient (Wildman–Crippen LogP) is 4.04. The molecule has 178 valence electrons. The summed E-state index contributed by atoms with van der Waals surface area (Å²) >= 11 is 0. The van der Waals surface area contributed by atoms with Crippen molar-refractivity contribution in [1.29, 1.82) is 0 Å². The van der Waals surface area contributed by atoms with Gasteiger partial charge >= 0.3 is 0 Å². The number of nitrogens with two attached hydrogens (primary N) is 1. The molecule has 0 aliphatic heterocycles. The smallest absolute Gasteiger partial charge is 0.113 e. The van der Waals surface area contributed by atoms with Crippen molar-refractivity contribution in [3.8, 4) is 11.8 Å². The molecule has 1 aromatic rings. The lowest BCUT2D eigenvalue weighted by Gasteiger charge is -2.31. The van der Waals surface area contributed by atoms with Gasteiger partial charge in [0.1, 0.15) is 12.3 Å². The van der Waals surface area contributed by atoms with Gasteiger partial charge in [0, 0.05) is 12.4 Å². The normalized spacial score (nSPS) is 17.2. The van der Waals surface area contributed by atoms with Crippen molar-refractivity contribution in [2.45, 2.75) is 79.4 Å². The number of aliphatic hydroxyl groups is 2. The van der Waals surface area contributed by atoms with Gasteiger partial charge in [-0.15, -0.1) is 0 Å². The van der Waals surface area contributed by atoms with Gasteiger partial charge in [0.05, 0.1) is 31.7 Å². The van der Waals surface area contributed by atoms with Crippen LogP contribution in [0.3, 0.4) is 0 Å². The summed E-state index contributed by atoms with van der Waals surface area (Å²) in [6.07, 6.45) is 8.27. The van der Waals surface area contributed by atoms with E-state index in [4.69, 9.17) is 20.3 Å². The lowest BCUT2D eigenvalue weighted by Crippen LogP contribution is -2.29. The van der Waals surface area contributed by atoms with E-state index in [1.807, 2.05) is 52.9 Å². The predicted molar refractivity (Wildman–Crippen MR) is 128 cm³/mol. The van der Waals surface area contributed by atoms with E-state index in [2.05, 4.69) is 16.8 Å². The molecule has 6 nitrogen and oxygen atoms in total. The van der Waals surface area contributed by atoms with Crippen LogP contribution in [0.15, 0.2) is 30.8 Å². The van der Waals surface area contributed by atoms with Crippen molar-refractivity contribution in [2.24, 2.45) is 11.7 Å². The Morgan fingerprint density at radius 1 is 1.26 bits per heavy atom. The number of hydrogen-bond acceptors (Lipinski definition) is 6. The minimum absolute atomic E-state index is 0.00446. The summed E-state index contributed by atoms with van der Waals surface area (Å²) in [6, 6.07) is 3.95. The third-order valence-electron chi connectivity index (χ3n) is 3.97. The Morgan fingerprint density at radius 3 is 2.42 bits per heavy atom. The minimum Gasteiger partial charge on any atom is -0.500 e. The molecule has 1 fully saturated rings. The molecule has 0 spiro atoms. The van der Waals surface area contributed by atoms with Crippen molar-refractivity contribution in [3.63, 3.8) is 0 Å². The van der Waals surface area contributed by atoms with Crippen LogP contribution >= 0.6 is 0 Å². The highest BCUT2D eigenvalue weighted by atomic mass is 16.5. The fraction of sp³-hybridized carbons (Fsp3) is 0.640. The molecule has 0 saturated heterocycles. The maximum absolute atomic E-state index is 9.26. The maximum atomic E-state index is 9.26. The van der Waals surface area contributed by atoms with Gasteiger partial charge in [-0.1, -0.05) is 46.6 Å². The van der Waals surface area contributed by atoms with E-state index in [9.17, 15) is 5.11 Å². The number of ether oxygens (including phenoxy) is 2. The number of pyridine rings is 1. The van der Waals surface area contributed by atoms with E-state index in [-0.39, 0.29) is 18.8 Å². The third kappa shape index (κ3) is 17.3. The lowest BCUT2D eigenvalue weighted by atomic mass is 9.79. The topological polar surface area (TPSA) is 97.8 Å². The minimum atomic E-state index is -0.183. The third-order valence-corrected chi connectivity index (χ3v) is 3.97. The fourth-order valence-electron chi connectivity index (χ4n) is 2.42. The SMILES string of the molecule is CC.CC.CC(CO)OCC#Cc1ccc(CC2CC(O)C2)cn1.CCCO/C=C/N. The Hall–Kier alpha value is -2.07. The first-order chi connectivity index (χ1) is 15.1. The molecule has 0 radical (unpaired) electrons. The Balaban J connectivity index is 0. The first-order valence-electron chi connectivity index (χ1n) is 11.4.